The summed E-state index contributed by atoms with van der Waals surface area (Å²) in [5.41, 5.74) is 0.388. The SMILES string of the molecule is CCS[C@H]1CC(=O)N(c2cccc(C(=O)O)c2)C1=O. The highest BCUT2D eigenvalue weighted by atomic mass is 32.2. The molecule has 1 aromatic rings. The van der Waals surface area contributed by atoms with E-state index in [0.717, 1.165) is 10.7 Å². The third kappa shape index (κ3) is 2.63. The number of nitrogens with zero attached hydrogens (tertiary/aromatic N) is 1. The van der Waals surface area contributed by atoms with Crippen molar-refractivity contribution in [3.05, 3.63) is 29.8 Å². The largest absolute Gasteiger partial charge is 0.478 e. The Kier molecular flexibility index (Phi) is 3.90. The van der Waals surface area contributed by atoms with E-state index >= 15 is 0 Å². The van der Waals surface area contributed by atoms with Gasteiger partial charge in [-0.1, -0.05) is 13.0 Å². The summed E-state index contributed by atoms with van der Waals surface area (Å²) in [5.74, 6) is -0.870. The Morgan fingerprint density at radius 2 is 2.21 bits per heavy atom. The van der Waals surface area contributed by atoms with Gasteiger partial charge >= 0.3 is 5.97 Å². The van der Waals surface area contributed by atoms with Gasteiger partial charge in [-0.2, -0.15) is 0 Å². The van der Waals surface area contributed by atoms with Crippen LogP contribution in [0, 0.1) is 0 Å². The van der Waals surface area contributed by atoms with Crippen LogP contribution in [0.15, 0.2) is 24.3 Å². The first-order valence-electron chi connectivity index (χ1n) is 5.86. The van der Waals surface area contributed by atoms with Gasteiger partial charge in [0.25, 0.3) is 0 Å². The molecular formula is C13H13NO4S. The van der Waals surface area contributed by atoms with Gasteiger partial charge in [-0.15, -0.1) is 11.8 Å². The summed E-state index contributed by atoms with van der Waals surface area (Å²) in [5, 5.41) is 8.57. The molecule has 1 N–H and O–H groups in total. The number of amides is 2. The number of aromatic carboxylic acids is 1. The Morgan fingerprint density at radius 3 is 2.84 bits per heavy atom. The Labute approximate surface area is 114 Å². The van der Waals surface area contributed by atoms with Crippen LogP contribution in [-0.2, 0) is 9.59 Å². The number of carbonyl (C=O) groups excluding carboxylic acids is 2. The number of imide groups is 1. The van der Waals surface area contributed by atoms with E-state index in [4.69, 9.17) is 5.11 Å². The van der Waals surface area contributed by atoms with Crippen LogP contribution in [0.1, 0.15) is 23.7 Å². The average molecular weight is 279 g/mol. The van der Waals surface area contributed by atoms with E-state index in [-0.39, 0.29) is 29.0 Å². The lowest BCUT2D eigenvalue weighted by atomic mass is 10.2. The highest BCUT2D eigenvalue weighted by Gasteiger charge is 2.39. The van der Waals surface area contributed by atoms with Gasteiger partial charge in [0.2, 0.25) is 11.8 Å². The summed E-state index contributed by atoms with van der Waals surface area (Å²) in [4.78, 5) is 36.0. The second kappa shape index (κ2) is 5.44. The minimum atomic E-state index is -1.08. The minimum absolute atomic E-state index is 0.0599. The molecule has 1 fully saturated rings. The molecule has 2 amide bonds. The quantitative estimate of drug-likeness (QED) is 0.850. The number of carbonyl (C=O) groups is 3. The van der Waals surface area contributed by atoms with E-state index in [2.05, 4.69) is 0 Å². The standard InChI is InChI=1S/C13H13NO4S/c1-2-19-10-7-11(15)14(12(10)16)9-5-3-4-8(6-9)13(17)18/h3-6,10H,2,7H2,1H3,(H,17,18)/t10-/m0/s1. The molecule has 0 aromatic heterocycles. The lowest BCUT2D eigenvalue weighted by Gasteiger charge is -2.15. The van der Waals surface area contributed by atoms with Gasteiger partial charge in [0.05, 0.1) is 16.5 Å². The molecule has 1 atom stereocenters. The molecule has 1 heterocycles. The Hall–Kier alpha value is -1.82. The van der Waals surface area contributed by atoms with Crippen molar-refractivity contribution >= 4 is 35.2 Å². The first-order valence-corrected chi connectivity index (χ1v) is 6.91. The molecule has 0 bridgehead atoms. The second-order valence-electron chi connectivity index (χ2n) is 4.07. The predicted molar refractivity (Wildman–Crippen MR) is 72.4 cm³/mol. The predicted octanol–water partition coefficient (Wildman–Crippen LogP) is 1.77. The Bertz CT molecular complexity index is 543. The normalized spacial score (nSPS) is 19.0. The van der Waals surface area contributed by atoms with E-state index in [0.29, 0.717) is 5.69 Å². The molecule has 1 saturated heterocycles. The molecule has 6 heteroatoms. The molecule has 2 rings (SSSR count). The van der Waals surface area contributed by atoms with Crippen LogP contribution in [0.2, 0.25) is 0 Å². The van der Waals surface area contributed by atoms with Crippen molar-refractivity contribution in [2.45, 2.75) is 18.6 Å². The van der Waals surface area contributed by atoms with Crippen LogP contribution in [0.4, 0.5) is 5.69 Å². The van der Waals surface area contributed by atoms with E-state index in [1.807, 2.05) is 6.92 Å². The van der Waals surface area contributed by atoms with E-state index in [9.17, 15) is 14.4 Å². The lowest BCUT2D eigenvalue weighted by molar-refractivity contribution is -0.121. The number of thioether (sulfide) groups is 1. The van der Waals surface area contributed by atoms with E-state index < -0.39 is 5.97 Å². The van der Waals surface area contributed by atoms with Gasteiger partial charge in [-0.05, 0) is 24.0 Å². The molecule has 1 aromatic carbocycles. The van der Waals surface area contributed by atoms with Gasteiger partial charge < -0.3 is 5.11 Å². The smallest absolute Gasteiger partial charge is 0.335 e. The molecule has 1 aliphatic heterocycles. The first kappa shape index (κ1) is 13.6. The van der Waals surface area contributed by atoms with Crippen molar-refractivity contribution in [1.82, 2.24) is 0 Å². The molecule has 0 saturated carbocycles. The average Bonchev–Trinajstić information content (AvgIpc) is 2.65. The first-order chi connectivity index (χ1) is 9.04. The number of hydrogen-bond donors (Lipinski definition) is 1. The maximum Gasteiger partial charge on any atom is 0.335 e. The molecular weight excluding hydrogens is 266 g/mol. The lowest BCUT2D eigenvalue weighted by Crippen LogP contribution is -2.31. The Balaban J connectivity index is 2.31. The molecule has 5 nitrogen and oxygen atoms in total. The third-order valence-electron chi connectivity index (χ3n) is 2.82. The second-order valence-corrected chi connectivity index (χ2v) is 5.55. The zero-order chi connectivity index (χ0) is 14.0. The summed E-state index contributed by atoms with van der Waals surface area (Å²) in [6.07, 6.45) is 0.175. The zero-order valence-corrected chi connectivity index (χ0v) is 11.1. The van der Waals surface area contributed by atoms with Crippen molar-refractivity contribution in [3.63, 3.8) is 0 Å². The van der Waals surface area contributed by atoms with Crippen molar-refractivity contribution in [2.75, 3.05) is 10.7 Å². The van der Waals surface area contributed by atoms with Gasteiger partial charge in [0.15, 0.2) is 0 Å². The highest BCUT2D eigenvalue weighted by Crippen LogP contribution is 2.29. The fourth-order valence-corrected chi connectivity index (χ4v) is 2.90. The van der Waals surface area contributed by atoms with Crippen LogP contribution >= 0.6 is 11.8 Å². The Morgan fingerprint density at radius 1 is 1.47 bits per heavy atom. The number of anilines is 1. The highest BCUT2D eigenvalue weighted by molar-refractivity contribution is 8.00. The van der Waals surface area contributed by atoms with E-state index in [1.165, 1.54) is 30.0 Å². The molecule has 1 aliphatic rings. The monoisotopic (exact) mass is 279 g/mol. The maximum absolute atomic E-state index is 12.1. The van der Waals surface area contributed by atoms with Gasteiger partial charge in [0, 0.05) is 6.42 Å². The minimum Gasteiger partial charge on any atom is -0.478 e. The summed E-state index contributed by atoms with van der Waals surface area (Å²) in [6, 6.07) is 5.87. The summed E-state index contributed by atoms with van der Waals surface area (Å²) in [6.45, 7) is 1.93. The van der Waals surface area contributed by atoms with Crippen LogP contribution < -0.4 is 4.90 Å². The van der Waals surface area contributed by atoms with Gasteiger partial charge in [-0.25, -0.2) is 9.69 Å². The van der Waals surface area contributed by atoms with Crippen LogP contribution in [0.25, 0.3) is 0 Å². The van der Waals surface area contributed by atoms with Crippen molar-refractivity contribution in [2.24, 2.45) is 0 Å². The summed E-state index contributed by atoms with van der Waals surface area (Å²) >= 11 is 1.43. The number of hydrogen-bond acceptors (Lipinski definition) is 4. The zero-order valence-electron chi connectivity index (χ0n) is 10.3. The summed E-state index contributed by atoms with van der Waals surface area (Å²) in [7, 11) is 0. The van der Waals surface area contributed by atoms with Crippen LogP contribution in [0.5, 0.6) is 0 Å². The molecule has 0 spiro atoms. The van der Waals surface area contributed by atoms with Crippen LogP contribution in [0.3, 0.4) is 0 Å². The molecule has 100 valence electrons. The fourth-order valence-electron chi connectivity index (χ4n) is 1.98. The van der Waals surface area contributed by atoms with Crippen molar-refractivity contribution < 1.29 is 19.5 Å². The molecule has 0 unspecified atom stereocenters. The van der Waals surface area contributed by atoms with Gasteiger partial charge in [-0.3, -0.25) is 9.59 Å². The van der Waals surface area contributed by atoms with Crippen molar-refractivity contribution in [1.29, 1.82) is 0 Å². The topological polar surface area (TPSA) is 74.7 Å². The number of benzene rings is 1. The van der Waals surface area contributed by atoms with E-state index in [1.54, 1.807) is 6.07 Å². The maximum atomic E-state index is 12.1. The van der Waals surface area contributed by atoms with Crippen LogP contribution in [-0.4, -0.2) is 33.9 Å². The molecule has 0 radical (unpaired) electrons. The fraction of sp³-hybridized carbons (Fsp3) is 0.308. The third-order valence-corrected chi connectivity index (χ3v) is 3.93. The number of rotatable bonds is 4. The molecule has 19 heavy (non-hydrogen) atoms. The van der Waals surface area contributed by atoms with Crippen molar-refractivity contribution in [3.8, 4) is 0 Å². The molecule has 0 aliphatic carbocycles. The number of carboxylic acid groups (broad SMARTS) is 1. The summed E-state index contributed by atoms with van der Waals surface area (Å²) < 4.78 is 0. The van der Waals surface area contributed by atoms with Gasteiger partial charge in [0.1, 0.15) is 0 Å². The number of carboxylic acids is 1.